The molecule has 1 saturated heterocycles. The fraction of sp³-hybridized carbons (Fsp3) is 0.562. The molecule has 2 rings (SSSR count). The molecule has 0 aromatic heterocycles. The van der Waals surface area contributed by atoms with Crippen LogP contribution in [0.5, 0.6) is 0 Å². The summed E-state index contributed by atoms with van der Waals surface area (Å²) in [5.41, 5.74) is 3.09. The molecule has 1 fully saturated rings. The molecular weight excluding hydrogens is 252 g/mol. The van der Waals surface area contributed by atoms with Crippen molar-refractivity contribution in [2.24, 2.45) is 0 Å². The van der Waals surface area contributed by atoms with Crippen LogP contribution >= 0.6 is 0 Å². The van der Waals surface area contributed by atoms with Crippen molar-refractivity contribution < 1.29 is 9.53 Å². The van der Waals surface area contributed by atoms with Gasteiger partial charge in [-0.15, -0.1) is 0 Å². The number of carbonyl (C=O) groups excluding carboxylic acids is 1. The van der Waals surface area contributed by atoms with Gasteiger partial charge < -0.3 is 15.0 Å². The lowest BCUT2D eigenvalue weighted by Gasteiger charge is -2.30. The van der Waals surface area contributed by atoms with Crippen LogP contribution in [0.4, 0.5) is 0 Å². The maximum Gasteiger partial charge on any atom is 0.251 e. The highest BCUT2D eigenvalue weighted by Crippen LogP contribution is 2.10. The predicted molar refractivity (Wildman–Crippen MR) is 80.1 cm³/mol. The Labute approximate surface area is 121 Å². The number of hydrogen-bond donors (Lipinski definition) is 1. The summed E-state index contributed by atoms with van der Waals surface area (Å²) in [7, 11) is 2.10. The summed E-state index contributed by atoms with van der Waals surface area (Å²) in [6, 6.07) is 5.81. The van der Waals surface area contributed by atoms with Crippen LogP contribution in [0.15, 0.2) is 18.2 Å². The summed E-state index contributed by atoms with van der Waals surface area (Å²) in [6.45, 7) is 7.45. The third-order valence-electron chi connectivity index (χ3n) is 3.86. The lowest BCUT2D eigenvalue weighted by atomic mass is 10.1. The van der Waals surface area contributed by atoms with Crippen LogP contribution in [0, 0.1) is 13.8 Å². The minimum absolute atomic E-state index is 0.00253. The Balaban J connectivity index is 1.78. The van der Waals surface area contributed by atoms with Gasteiger partial charge in [0.15, 0.2) is 0 Å². The summed E-state index contributed by atoms with van der Waals surface area (Å²) >= 11 is 0. The van der Waals surface area contributed by atoms with Gasteiger partial charge in [-0.25, -0.2) is 0 Å². The number of aryl methyl sites for hydroxylation is 2. The normalized spacial score (nSPS) is 19.9. The minimum atomic E-state index is -0.00253. The van der Waals surface area contributed by atoms with Crippen LogP contribution in [-0.2, 0) is 4.74 Å². The SMILES string of the molecule is Cc1ccc(C(=O)NCCC2CN(C)CCO2)cc1C. The first-order valence-corrected chi connectivity index (χ1v) is 7.22. The number of morpholine rings is 1. The zero-order valence-electron chi connectivity index (χ0n) is 12.6. The molecule has 110 valence electrons. The third-order valence-corrected chi connectivity index (χ3v) is 3.86. The zero-order valence-corrected chi connectivity index (χ0v) is 12.6. The van der Waals surface area contributed by atoms with Gasteiger partial charge in [-0.05, 0) is 50.6 Å². The summed E-state index contributed by atoms with van der Waals surface area (Å²) < 4.78 is 5.68. The lowest BCUT2D eigenvalue weighted by Crippen LogP contribution is -2.41. The molecule has 1 atom stereocenters. The van der Waals surface area contributed by atoms with Crippen LogP contribution in [0.1, 0.15) is 27.9 Å². The summed E-state index contributed by atoms with van der Waals surface area (Å²) in [6.07, 6.45) is 1.09. The summed E-state index contributed by atoms with van der Waals surface area (Å²) in [5, 5.41) is 2.97. The molecule has 1 heterocycles. The Morgan fingerprint density at radius 2 is 2.20 bits per heavy atom. The second kappa shape index (κ2) is 6.86. The number of carbonyl (C=O) groups is 1. The van der Waals surface area contributed by atoms with Crippen LogP contribution in [0.2, 0.25) is 0 Å². The van der Waals surface area contributed by atoms with E-state index in [1.54, 1.807) is 0 Å². The molecule has 4 nitrogen and oxygen atoms in total. The first-order valence-electron chi connectivity index (χ1n) is 7.22. The minimum Gasteiger partial charge on any atom is -0.375 e. The number of nitrogens with one attached hydrogen (secondary N) is 1. The molecule has 1 N–H and O–H groups in total. The highest BCUT2D eigenvalue weighted by atomic mass is 16.5. The van der Waals surface area contributed by atoms with Crippen molar-refractivity contribution >= 4 is 5.91 Å². The fourth-order valence-electron chi connectivity index (χ4n) is 2.37. The van der Waals surface area contributed by atoms with E-state index < -0.39 is 0 Å². The molecule has 20 heavy (non-hydrogen) atoms. The van der Waals surface area contributed by atoms with E-state index in [-0.39, 0.29) is 12.0 Å². The van der Waals surface area contributed by atoms with Gasteiger partial charge in [0.05, 0.1) is 12.7 Å². The van der Waals surface area contributed by atoms with Gasteiger partial charge in [0.25, 0.3) is 5.91 Å². The van der Waals surface area contributed by atoms with Crippen LogP contribution in [0.25, 0.3) is 0 Å². The van der Waals surface area contributed by atoms with Crippen molar-refractivity contribution in [3.63, 3.8) is 0 Å². The molecule has 1 aromatic rings. The summed E-state index contributed by atoms with van der Waals surface area (Å²) in [4.78, 5) is 14.3. The van der Waals surface area contributed by atoms with Crippen molar-refractivity contribution in [3.05, 3.63) is 34.9 Å². The van der Waals surface area contributed by atoms with Crippen LogP contribution < -0.4 is 5.32 Å². The van der Waals surface area contributed by atoms with Gasteiger partial charge in [0, 0.05) is 25.2 Å². The molecule has 1 aromatic carbocycles. The van der Waals surface area contributed by atoms with Crippen molar-refractivity contribution in [2.45, 2.75) is 26.4 Å². The van der Waals surface area contributed by atoms with Crippen molar-refractivity contribution in [1.82, 2.24) is 10.2 Å². The topological polar surface area (TPSA) is 41.6 Å². The maximum absolute atomic E-state index is 12.1. The molecule has 1 aliphatic rings. The van der Waals surface area contributed by atoms with E-state index in [1.807, 2.05) is 32.0 Å². The number of likely N-dealkylation sites (N-methyl/N-ethyl adjacent to an activating group) is 1. The Morgan fingerprint density at radius 1 is 1.40 bits per heavy atom. The number of amides is 1. The average molecular weight is 276 g/mol. The Bertz CT molecular complexity index is 474. The number of benzene rings is 1. The quantitative estimate of drug-likeness (QED) is 0.911. The molecule has 0 radical (unpaired) electrons. The third kappa shape index (κ3) is 4.05. The van der Waals surface area contributed by atoms with E-state index >= 15 is 0 Å². The molecule has 0 saturated carbocycles. The van der Waals surface area contributed by atoms with Crippen LogP contribution in [0.3, 0.4) is 0 Å². The Morgan fingerprint density at radius 3 is 2.90 bits per heavy atom. The largest absolute Gasteiger partial charge is 0.375 e. The zero-order chi connectivity index (χ0) is 14.5. The number of rotatable bonds is 4. The highest BCUT2D eigenvalue weighted by Gasteiger charge is 2.17. The smallest absolute Gasteiger partial charge is 0.251 e. The second-order valence-corrected chi connectivity index (χ2v) is 5.60. The first-order chi connectivity index (χ1) is 9.56. The van der Waals surface area contributed by atoms with E-state index in [2.05, 4.69) is 17.3 Å². The Hall–Kier alpha value is -1.39. The first kappa shape index (κ1) is 15.0. The molecule has 1 aliphatic heterocycles. The van der Waals surface area contributed by atoms with Crippen molar-refractivity contribution in [3.8, 4) is 0 Å². The predicted octanol–water partition coefficient (Wildman–Crippen LogP) is 1.75. The number of ether oxygens (including phenoxy) is 1. The van der Waals surface area contributed by atoms with Gasteiger partial charge in [-0.2, -0.15) is 0 Å². The highest BCUT2D eigenvalue weighted by molar-refractivity contribution is 5.94. The van der Waals surface area contributed by atoms with Crippen molar-refractivity contribution in [1.29, 1.82) is 0 Å². The maximum atomic E-state index is 12.1. The molecule has 1 unspecified atom stereocenters. The van der Waals surface area contributed by atoms with E-state index in [1.165, 1.54) is 5.56 Å². The molecular formula is C16H24N2O2. The van der Waals surface area contributed by atoms with E-state index in [0.717, 1.165) is 37.2 Å². The number of hydrogen-bond acceptors (Lipinski definition) is 3. The lowest BCUT2D eigenvalue weighted by molar-refractivity contribution is -0.0226. The van der Waals surface area contributed by atoms with E-state index in [0.29, 0.717) is 6.54 Å². The van der Waals surface area contributed by atoms with Gasteiger partial charge in [-0.1, -0.05) is 6.07 Å². The van der Waals surface area contributed by atoms with Gasteiger partial charge in [0.2, 0.25) is 0 Å². The van der Waals surface area contributed by atoms with Gasteiger partial charge in [0.1, 0.15) is 0 Å². The number of nitrogens with zero attached hydrogens (tertiary/aromatic N) is 1. The van der Waals surface area contributed by atoms with Gasteiger partial charge >= 0.3 is 0 Å². The molecule has 0 bridgehead atoms. The molecule has 0 spiro atoms. The van der Waals surface area contributed by atoms with E-state index in [9.17, 15) is 4.79 Å². The molecule has 1 amide bonds. The van der Waals surface area contributed by atoms with Crippen molar-refractivity contribution in [2.75, 3.05) is 33.3 Å². The molecule has 0 aliphatic carbocycles. The summed E-state index contributed by atoms with van der Waals surface area (Å²) in [5.74, 6) is -0.00253. The Kier molecular flexibility index (Phi) is 5.15. The van der Waals surface area contributed by atoms with Gasteiger partial charge in [-0.3, -0.25) is 4.79 Å². The fourth-order valence-corrected chi connectivity index (χ4v) is 2.37. The monoisotopic (exact) mass is 276 g/mol. The molecule has 4 heteroatoms. The second-order valence-electron chi connectivity index (χ2n) is 5.60. The standard InChI is InChI=1S/C16H24N2O2/c1-12-4-5-14(10-13(12)2)16(19)17-7-6-15-11-18(3)8-9-20-15/h4-5,10,15H,6-9,11H2,1-3H3,(H,17,19). The average Bonchev–Trinajstić information content (AvgIpc) is 2.42. The van der Waals surface area contributed by atoms with Crippen LogP contribution in [-0.4, -0.2) is 50.2 Å². The van der Waals surface area contributed by atoms with E-state index in [4.69, 9.17) is 4.74 Å².